The lowest BCUT2D eigenvalue weighted by Crippen LogP contribution is -2.28. The molecule has 0 aliphatic carbocycles. The van der Waals surface area contributed by atoms with Crippen molar-refractivity contribution >= 4 is 16.8 Å². The minimum atomic E-state index is -0.417. The third-order valence-electron chi connectivity index (χ3n) is 4.90. The number of pyridine rings is 1. The average Bonchev–Trinajstić information content (AvgIpc) is 3.39. The van der Waals surface area contributed by atoms with Gasteiger partial charge in [0.05, 0.1) is 23.0 Å². The van der Waals surface area contributed by atoms with Crippen molar-refractivity contribution in [2.24, 2.45) is 0 Å². The number of nitrogens with one attached hydrogen (secondary N) is 2. The second-order valence-electron chi connectivity index (χ2n) is 7.07. The SMILES string of the molecule is CCc1noc(C(C)NC(=O)c2c(C)c(-c3cn[nH]c3)nc3ccc(C)cc23)n1. The molecule has 4 aromatic rings. The molecule has 0 bridgehead atoms. The summed E-state index contributed by atoms with van der Waals surface area (Å²) in [6.45, 7) is 7.67. The Hall–Kier alpha value is -3.55. The molecule has 0 saturated heterocycles. The molecule has 3 aromatic heterocycles. The zero-order valence-corrected chi connectivity index (χ0v) is 16.8. The zero-order chi connectivity index (χ0) is 20.5. The number of hydrogen-bond acceptors (Lipinski definition) is 6. The zero-order valence-electron chi connectivity index (χ0n) is 16.8. The fourth-order valence-electron chi connectivity index (χ4n) is 3.34. The monoisotopic (exact) mass is 390 g/mol. The van der Waals surface area contributed by atoms with Gasteiger partial charge in [-0.2, -0.15) is 10.1 Å². The van der Waals surface area contributed by atoms with Crippen LogP contribution >= 0.6 is 0 Å². The lowest BCUT2D eigenvalue weighted by molar-refractivity contribution is 0.0933. The topological polar surface area (TPSA) is 110 Å². The van der Waals surface area contributed by atoms with Crippen molar-refractivity contribution in [1.82, 2.24) is 30.6 Å². The molecule has 0 fully saturated rings. The molecule has 0 saturated carbocycles. The molecule has 8 nitrogen and oxygen atoms in total. The average molecular weight is 390 g/mol. The summed E-state index contributed by atoms with van der Waals surface area (Å²) in [5.41, 5.74) is 4.73. The number of aromatic nitrogens is 5. The maximum atomic E-state index is 13.3. The molecule has 0 spiro atoms. The van der Waals surface area contributed by atoms with Crippen LogP contribution in [-0.4, -0.2) is 31.2 Å². The van der Waals surface area contributed by atoms with E-state index in [4.69, 9.17) is 9.51 Å². The summed E-state index contributed by atoms with van der Waals surface area (Å²) in [4.78, 5) is 22.4. The Labute approximate surface area is 167 Å². The largest absolute Gasteiger partial charge is 0.340 e. The predicted octanol–water partition coefficient (Wildman–Crippen LogP) is 3.68. The van der Waals surface area contributed by atoms with E-state index in [1.54, 1.807) is 12.4 Å². The number of amides is 1. The minimum Gasteiger partial charge on any atom is -0.340 e. The van der Waals surface area contributed by atoms with Crippen LogP contribution in [0.4, 0.5) is 0 Å². The van der Waals surface area contributed by atoms with Gasteiger partial charge in [-0.3, -0.25) is 9.89 Å². The van der Waals surface area contributed by atoms with Crippen molar-refractivity contribution < 1.29 is 9.32 Å². The third kappa shape index (κ3) is 3.49. The molecule has 0 aliphatic heterocycles. The number of fused-ring (bicyclic) bond motifs is 1. The Morgan fingerprint density at radius 2 is 2.10 bits per heavy atom. The van der Waals surface area contributed by atoms with E-state index in [-0.39, 0.29) is 5.91 Å². The molecule has 3 heterocycles. The van der Waals surface area contributed by atoms with Crippen LogP contribution in [0.5, 0.6) is 0 Å². The Morgan fingerprint density at radius 3 is 2.79 bits per heavy atom. The number of nitrogens with zero attached hydrogens (tertiary/aromatic N) is 4. The summed E-state index contributed by atoms with van der Waals surface area (Å²) in [5, 5.41) is 14.5. The van der Waals surface area contributed by atoms with E-state index < -0.39 is 6.04 Å². The number of aromatic amines is 1. The molecule has 1 amide bonds. The standard InChI is InChI=1S/C21H22N6O2/c1-5-17-26-21(29-27-17)13(4)24-20(28)18-12(3)19(14-9-22-23-10-14)25-16-7-6-11(2)8-15(16)18/h6-10,13H,5H2,1-4H3,(H,22,23)(H,24,28). The summed E-state index contributed by atoms with van der Waals surface area (Å²) in [7, 11) is 0. The fourth-order valence-corrected chi connectivity index (χ4v) is 3.34. The second kappa shape index (κ2) is 7.46. The van der Waals surface area contributed by atoms with Gasteiger partial charge in [0.25, 0.3) is 5.91 Å². The van der Waals surface area contributed by atoms with Crippen molar-refractivity contribution in [2.45, 2.75) is 40.2 Å². The Bertz CT molecular complexity index is 1180. The highest BCUT2D eigenvalue weighted by molar-refractivity contribution is 6.09. The van der Waals surface area contributed by atoms with Gasteiger partial charge in [-0.15, -0.1) is 0 Å². The van der Waals surface area contributed by atoms with Gasteiger partial charge in [-0.05, 0) is 38.5 Å². The van der Waals surface area contributed by atoms with Crippen LogP contribution < -0.4 is 5.32 Å². The van der Waals surface area contributed by atoms with E-state index in [0.717, 1.165) is 33.3 Å². The number of H-pyrrole nitrogens is 1. The van der Waals surface area contributed by atoms with Gasteiger partial charge >= 0.3 is 0 Å². The highest BCUT2D eigenvalue weighted by Gasteiger charge is 2.23. The molecule has 8 heteroatoms. The lowest BCUT2D eigenvalue weighted by atomic mass is 9.97. The number of hydrogen-bond donors (Lipinski definition) is 2. The Kier molecular flexibility index (Phi) is 4.84. The first kappa shape index (κ1) is 18.8. The summed E-state index contributed by atoms with van der Waals surface area (Å²) >= 11 is 0. The highest BCUT2D eigenvalue weighted by Crippen LogP contribution is 2.30. The molecule has 0 radical (unpaired) electrons. The summed E-state index contributed by atoms with van der Waals surface area (Å²) in [5.74, 6) is 0.788. The van der Waals surface area contributed by atoms with E-state index in [1.807, 2.05) is 45.9 Å². The molecular weight excluding hydrogens is 368 g/mol. The predicted molar refractivity (Wildman–Crippen MR) is 108 cm³/mol. The van der Waals surface area contributed by atoms with Gasteiger partial charge < -0.3 is 9.84 Å². The van der Waals surface area contributed by atoms with Crippen molar-refractivity contribution in [2.75, 3.05) is 0 Å². The highest BCUT2D eigenvalue weighted by atomic mass is 16.5. The van der Waals surface area contributed by atoms with E-state index in [1.165, 1.54) is 0 Å². The van der Waals surface area contributed by atoms with Crippen molar-refractivity contribution in [1.29, 1.82) is 0 Å². The van der Waals surface area contributed by atoms with Gasteiger partial charge in [-0.1, -0.05) is 23.7 Å². The number of benzene rings is 1. The van der Waals surface area contributed by atoms with Crippen molar-refractivity contribution in [3.05, 3.63) is 59.0 Å². The first-order chi connectivity index (χ1) is 14.0. The van der Waals surface area contributed by atoms with Crippen molar-refractivity contribution in [3.8, 4) is 11.3 Å². The minimum absolute atomic E-state index is 0.214. The first-order valence-corrected chi connectivity index (χ1v) is 9.51. The first-order valence-electron chi connectivity index (χ1n) is 9.51. The Balaban J connectivity index is 1.79. The van der Waals surface area contributed by atoms with Crippen LogP contribution in [-0.2, 0) is 6.42 Å². The molecule has 1 atom stereocenters. The maximum Gasteiger partial charge on any atom is 0.252 e. The maximum absolute atomic E-state index is 13.3. The van der Waals surface area contributed by atoms with Gasteiger partial charge in [-0.25, -0.2) is 4.98 Å². The van der Waals surface area contributed by atoms with Crippen LogP contribution in [0.25, 0.3) is 22.2 Å². The summed E-state index contributed by atoms with van der Waals surface area (Å²) in [6.07, 6.45) is 4.14. The van der Waals surface area contributed by atoms with E-state index in [9.17, 15) is 4.79 Å². The van der Waals surface area contributed by atoms with Crippen LogP contribution in [0.1, 0.15) is 53.1 Å². The number of rotatable bonds is 5. The molecule has 1 aromatic carbocycles. The van der Waals surface area contributed by atoms with E-state index in [0.29, 0.717) is 23.7 Å². The van der Waals surface area contributed by atoms with E-state index >= 15 is 0 Å². The van der Waals surface area contributed by atoms with Crippen LogP contribution in [0.2, 0.25) is 0 Å². The number of carbonyl (C=O) groups excluding carboxylic acids is 1. The van der Waals surface area contributed by atoms with E-state index in [2.05, 4.69) is 25.7 Å². The molecule has 2 N–H and O–H groups in total. The van der Waals surface area contributed by atoms with Gasteiger partial charge in [0, 0.05) is 23.6 Å². The fraction of sp³-hybridized carbons (Fsp3) is 0.286. The number of aryl methyl sites for hydroxylation is 2. The molecule has 148 valence electrons. The second-order valence-corrected chi connectivity index (χ2v) is 7.07. The molecule has 0 aliphatic rings. The van der Waals surface area contributed by atoms with Crippen molar-refractivity contribution in [3.63, 3.8) is 0 Å². The van der Waals surface area contributed by atoms with Gasteiger partial charge in [0.15, 0.2) is 5.82 Å². The molecule has 29 heavy (non-hydrogen) atoms. The third-order valence-corrected chi connectivity index (χ3v) is 4.90. The van der Waals surface area contributed by atoms with Gasteiger partial charge in [0.1, 0.15) is 6.04 Å². The van der Waals surface area contributed by atoms with Crippen LogP contribution in [0.3, 0.4) is 0 Å². The van der Waals surface area contributed by atoms with Gasteiger partial charge in [0.2, 0.25) is 5.89 Å². The smallest absolute Gasteiger partial charge is 0.252 e. The number of carbonyl (C=O) groups is 1. The summed E-state index contributed by atoms with van der Waals surface area (Å²) < 4.78 is 5.27. The quantitative estimate of drug-likeness (QED) is 0.538. The summed E-state index contributed by atoms with van der Waals surface area (Å²) in [6, 6.07) is 5.48. The molecule has 1 unspecified atom stereocenters. The Morgan fingerprint density at radius 1 is 1.28 bits per heavy atom. The molecular formula is C21H22N6O2. The van der Waals surface area contributed by atoms with Crippen LogP contribution in [0, 0.1) is 13.8 Å². The normalized spacial score (nSPS) is 12.3. The lowest BCUT2D eigenvalue weighted by Gasteiger charge is -2.16. The van der Waals surface area contributed by atoms with Crippen LogP contribution in [0.15, 0.2) is 35.1 Å². The molecule has 4 rings (SSSR count).